The maximum Gasteiger partial charge on any atom is 0.165 e. The predicted octanol–water partition coefficient (Wildman–Crippen LogP) is 3.76. The van der Waals surface area contributed by atoms with Crippen LogP contribution in [0.4, 0.5) is 0 Å². The molecule has 1 N–H and O–H groups in total. The zero-order chi connectivity index (χ0) is 14.8. The topological polar surface area (TPSA) is 30.5 Å². The molecule has 0 atom stereocenters. The van der Waals surface area contributed by atoms with E-state index in [9.17, 15) is 0 Å². The first-order valence-electron chi connectivity index (χ1n) is 7.39. The average Bonchev–Trinajstić information content (AvgIpc) is 2.33. The Kier molecular flexibility index (Phi) is 4.28. The van der Waals surface area contributed by atoms with Crippen molar-refractivity contribution in [1.29, 1.82) is 0 Å². The minimum atomic E-state index is 0.0937. The van der Waals surface area contributed by atoms with E-state index in [1.54, 1.807) is 0 Å². The lowest BCUT2D eigenvalue weighted by atomic mass is 9.81. The van der Waals surface area contributed by atoms with Crippen molar-refractivity contribution in [2.75, 3.05) is 13.2 Å². The number of rotatable bonds is 4. The van der Waals surface area contributed by atoms with Crippen molar-refractivity contribution >= 4 is 0 Å². The SMILES string of the molecule is CC(C)(C)CC(C)(C)NCc1cccc2c1OCCO2. The van der Waals surface area contributed by atoms with Gasteiger partial charge in [-0.3, -0.25) is 0 Å². The second kappa shape index (κ2) is 5.65. The van der Waals surface area contributed by atoms with E-state index in [1.807, 2.05) is 12.1 Å². The molecule has 1 aromatic rings. The molecule has 1 aliphatic rings. The Labute approximate surface area is 122 Å². The van der Waals surface area contributed by atoms with Gasteiger partial charge in [0.1, 0.15) is 13.2 Å². The summed E-state index contributed by atoms with van der Waals surface area (Å²) in [7, 11) is 0. The van der Waals surface area contributed by atoms with E-state index in [1.165, 1.54) is 5.56 Å². The van der Waals surface area contributed by atoms with Crippen LogP contribution >= 0.6 is 0 Å². The molecular weight excluding hydrogens is 250 g/mol. The van der Waals surface area contributed by atoms with Gasteiger partial charge in [-0.1, -0.05) is 32.9 Å². The molecule has 0 radical (unpaired) electrons. The van der Waals surface area contributed by atoms with Gasteiger partial charge in [0.05, 0.1) is 0 Å². The van der Waals surface area contributed by atoms with Gasteiger partial charge in [0.15, 0.2) is 11.5 Å². The highest BCUT2D eigenvalue weighted by Gasteiger charge is 2.25. The molecule has 0 bridgehead atoms. The molecule has 2 rings (SSSR count). The number of ether oxygens (including phenoxy) is 2. The number of fused-ring (bicyclic) bond motifs is 1. The Morgan fingerprint density at radius 3 is 2.45 bits per heavy atom. The second-order valence-corrected chi connectivity index (χ2v) is 7.42. The first kappa shape index (κ1) is 15.2. The van der Waals surface area contributed by atoms with Gasteiger partial charge in [0, 0.05) is 17.6 Å². The van der Waals surface area contributed by atoms with Crippen LogP contribution in [0.5, 0.6) is 11.5 Å². The lowest BCUT2D eigenvalue weighted by Crippen LogP contribution is -2.42. The lowest BCUT2D eigenvalue weighted by Gasteiger charge is -2.34. The second-order valence-electron chi connectivity index (χ2n) is 7.42. The van der Waals surface area contributed by atoms with Crippen LogP contribution < -0.4 is 14.8 Å². The summed E-state index contributed by atoms with van der Waals surface area (Å²) in [6.07, 6.45) is 1.12. The van der Waals surface area contributed by atoms with Gasteiger partial charge in [-0.05, 0) is 31.7 Å². The van der Waals surface area contributed by atoms with Crippen molar-refractivity contribution in [1.82, 2.24) is 5.32 Å². The van der Waals surface area contributed by atoms with Gasteiger partial charge in [0.2, 0.25) is 0 Å². The quantitative estimate of drug-likeness (QED) is 0.909. The molecule has 0 unspecified atom stereocenters. The van der Waals surface area contributed by atoms with Crippen molar-refractivity contribution in [3.8, 4) is 11.5 Å². The highest BCUT2D eigenvalue weighted by Crippen LogP contribution is 2.34. The molecular formula is C17H27NO2. The molecule has 0 saturated heterocycles. The van der Waals surface area contributed by atoms with Gasteiger partial charge in [-0.25, -0.2) is 0 Å². The highest BCUT2D eigenvalue weighted by molar-refractivity contribution is 5.47. The molecule has 1 aliphatic heterocycles. The van der Waals surface area contributed by atoms with Gasteiger partial charge < -0.3 is 14.8 Å². The highest BCUT2D eigenvalue weighted by atomic mass is 16.6. The van der Waals surface area contributed by atoms with Gasteiger partial charge in [0.25, 0.3) is 0 Å². The summed E-state index contributed by atoms with van der Waals surface area (Å²) in [5.41, 5.74) is 1.58. The summed E-state index contributed by atoms with van der Waals surface area (Å²) in [5, 5.41) is 3.65. The molecule has 0 aliphatic carbocycles. The Bertz CT molecular complexity index is 461. The third-order valence-corrected chi connectivity index (χ3v) is 3.38. The minimum Gasteiger partial charge on any atom is -0.486 e. The first-order valence-corrected chi connectivity index (χ1v) is 7.39. The fourth-order valence-corrected chi connectivity index (χ4v) is 3.00. The van der Waals surface area contributed by atoms with Crippen LogP contribution in [-0.2, 0) is 6.54 Å². The average molecular weight is 277 g/mol. The summed E-state index contributed by atoms with van der Waals surface area (Å²) in [4.78, 5) is 0. The normalized spacial score (nSPS) is 15.2. The van der Waals surface area contributed by atoms with Crippen LogP contribution in [0.15, 0.2) is 18.2 Å². The van der Waals surface area contributed by atoms with E-state index in [2.05, 4.69) is 46.0 Å². The molecule has 0 saturated carbocycles. The predicted molar refractivity (Wildman–Crippen MR) is 82.4 cm³/mol. The van der Waals surface area contributed by atoms with Crippen molar-refractivity contribution in [2.45, 2.75) is 53.1 Å². The minimum absolute atomic E-state index is 0.0937. The van der Waals surface area contributed by atoms with Crippen molar-refractivity contribution < 1.29 is 9.47 Å². The third-order valence-electron chi connectivity index (χ3n) is 3.38. The molecule has 20 heavy (non-hydrogen) atoms. The Morgan fingerprint density at radius 2 is 1.75 bits per heavy atom. The van der Waals surface area contributed by atoms with Crippen LogP contribution in [0, 0.1) is 5.41 Å². The van der Waals surface area contributed by atoms with E-state index in [0.717, 1.165) is 24.5 Å². The molecule has 1 heterocycles. The van der Waals surface area contributed by atoms with E-state index < -0.39 is 0 Å². The third kappa shape index (κ3) is 4.14. The summed E-state index contributed by atoms with van der Waals surface area (Å²) < 4.78 is 11.4. The molecule has 1 aromatic carbocycles. The molecule has 0 spiro atoms. The number of benzene rings is 1. The van der Waals surface area contributed by atoms with Gasteiger partial charge in [-0.15, -0.1) is 0 Å². The van der Waals surface area contributed by atoms with Crippen molar-refractivity contribution in [3.63, 3.8) is 0 Å². The molecule has 3 heteroatoms. The van der Waals surface area contributed by atoms with E-state index in [0.29, 0.717) is 18.6 Å². The summed E-state index contributed by atoms with van der Waals surface area (Å²) in [6, 6.07) is 6.10. The summed E-state index contributed by atoms with van der Waals surface area (Å²) in [6.45, 7) is 13.4. The van der Waals surface area contributed by atoms with E-state index in [4.69, 9.17) is 9.47 Å². The fourth-order valence-electron chi connectivity index (χ4n) is 3.00. The maximum absolute atomic E-state index is 5.76. The Morgan fingerprint density at radius 1 is 1.05 bits per heavy atom. The largest absolute Gasteiger partial charge is 0.486 e. The summed E-state index contributed by atoms with van der Waals surface area (Å²) >= 11 is 0. The fraction of sp³-hybridized carbons (Fsp3) is 0.647. The van der Waals surface area contributed by atoms with Crippen LogP contribution in [-0.4, -0.2) is 18.8 Å². The van der Waals surface area contributed by atoms with Gasteiger partial charge in [-0.2, -0.15) is 0 Å². The van der Waals surface area contributed by atoms with Crippen LogP contribution in [0.3, 0.4) is 0 Å². The van der Waals surface area contributed by atoms with Crippen LogP contribution in [0.2, 0.25) is 0 Å². The van der Waals surface area contributed by atoms with Crippen molar-refractivity contribution in [3.05, 3.63) is 23.8 Å². The van der Waals surface area contributed by atoms with Crippen LogP contribution in [0.1, 0.15) is 46.6 Å². The Balaban J connectivity index is 2.04. The van der Waals surface area contributed by atoms with Crippen LogP contribution in [0.25, 0.3) is 0 Å². The molecule has 0 amide bonds. The molecule has 112 valence electrons. The maximum atomic E-state index is 5.76. The number of hydrogen-bond donors (Lipinski definition) is 1. The zero-order valence-corrected chi connectivity index (χ0v) is 13.4. The molecule has 0 aromatic heterocycles. The smallest absolute Gasteiger partial charge is 0.165 e. The number of nitrogens with one attached hydrogen (secondary N) is 1. The Hall–Kier alpha value is -1.22. The first-order chi connectivity index (χ1) is 9.27. The van der Waals surface area contributed by atoms with Gasteiger partial charge >= 0.3 is 0 Å². The summed E-state index contributed by atoms with van der Waals surface area (Å²) in [5.74, 6) is 1.77. The lowest BCUT2D eigenvalue weighted by molar-refractivity contribution is 0.168. The zero-order valence-electron chi connectivity index (χ0n) is 13.4. The van der Waals surface area contributed by atoms with E-state index in [-0.39, 0.29) is 5.54 Å². The molecule has 0 fully saturated rings. The monoisotopic (exact) mass is 277 g/mol. The van der Waals surface area contributed by atoms with E-state index >= 15 is 0 Å². The number of hydrogen-bond acceptors (Lipinski definition) is 3. The van der Waals surface area contributed by atoms with Crippen molar-refractivity contribution in [2.24, 2.45) is 5.41 Å². The number of para-hydroxylation sites is 1. The molecule has 3 nitrogen and oxygen atoms in total. The standard InChI is InChI=1S/C17H27NO2/c1-16(2,3)12-17(4,5)18-11-13-7-6-8-14-15(13)20-10-9-19-14/h6-8,18H,9-12H2,1-5H3.